The predicted molar refractivity (Wildman–Crippen MR) is 104 cm³/mol. The molecule has 2 aliphatic rings. The third-order valence-corrected chi connectivity index (χ3v) is 4.96. The van der Waals surface area contributed by atoms with Gasteiger partial charge in [-0.1, -0.05) is 6.07 Å². The second-order valence-corrected chi connectivity index (χ2v) is 6.70. The zero-order valence-electron chi connectivity index (χ0n) is 15.7. The van der Waals surface area contributed by atoms with Gasteiger partial charge in [-0.25, -0.2) is 20.8 Å². The highest BCUT2D eigenvalue weighted by atomic mass is 16.5. The van der Waals surface area contributed by atoms with Gasteiger partial charge in [0.2, 0.25) is 0 Å². The summed E-state index contributed by atoms with van der Waals surface area (Å²) in [7, 11) is 1.70. The number of methoxy groups -OCH3 is 1. The number of nitrogens with zero attached hydrogens (tertiary/aromatic N) is 4. The van der Waals surface area contributed by atoms with Crippen LogP contribution in [0.3, 0.4) is 0 Å². The Labute approximate surface area is 163 Å². The normalized spacial score (nSPS) is 21.9. The molecule has 2 saturated heterocycles. The largest absolute Gasteiger partial charge is 0.496 e. The van der Waals surface area contributed by atoms with E-state index in [4.69, 9.17) is 14.7 Å². The number of nitriles is 1. The Bertz CT molecular complexity index is 846. The number of rotatable bonds is 5. The van der Waals surface area contributed by atoms with Crippen LogP contribution in [0.25, 0.3) is 0 Å². The summed E-state index contributed by atoms with van der Waals surface area (Å²) < 4.78 is 11.1. The number of hydrogen-bond acceptors (Lipinski definition) is 9. The highest BCUT2D eigenvalue weighted by Gasteiger charge is 2.28. The summed E-state index contributed by atoms with van der Waals surface area (Å²) in [6, 6.07) is 8.41. The Morgan fingerprint density at radius 3 is 2.82 bits per heavy atom. The summed E-state index contributed by atoms with van der Waals surface area (Å²) in [6.07, 6.45) is 3.80. The molecular formula is C19H23N7O2. The van der Waals surface area contributed by atoms with E-state index in [0.29, 0.717) is 11.5 Å². The van der Waals surface area contributed by atoms with Crippen molar-refractivity contribution >= 4 is 11.5 Å². The van der Waals surface area contributed by atoms with Gasteiger partial charge in [-0.15, -0.1) is 0 Å². The second kappa shape index (κ2) is 8.39. The molecule has 2 aromatic rings. The van der Waals surface area contributed by atoms with Crippen LogP contribution in [-0.2, 0) is 4.74 Å². The van der Waals surface area contributed by atoms with Crippen LogP contribution in [0.1, 0.15) is 23.7 Å². The molecule has 1 aromatic heterocycles. The molecule has 9 heteroatoms. The van der Waals surface area contributed by atoms with Crippen molar-refractivity contribution in [3.8, 4) is 11.8 Å². The number of anilines is 2. The molecule has 0 amide bonds. The lowest BCUT2D eigenvalue weighted by Gasteiger charge is -2.29. The van der Waals surface area contributed by atoms with E-state index in [1.807, 2.05) is 6.07 Å². The smallest absolute Gasteiger partial charge is 0.158 e. The molecule has 1 aromatic carbocycles. The van der Waals surface area contributed by atoms with E-state index in [0.717, 1.165) is 49.7 Å². The van der Waals surface area contributed by atoms with Gasteiger partial charge in [0.05, 0.1) is 44.9 Å². The number of nitrogens with one attached hydrogen (secondary N) is 3. The monoisotopic (exact) mass is 381 g/mol. The molecule has 0 aliphatic carbocycles. The first-order chi connectivity index (χ1) is 13.8. The van der Waals surface area contributed by atoms with Crippen LogP contribution in [-0.4, -0.2) is 49.5 Å². The number of morpholine rings is 1. The molecule has 2 fully saturated rings. The fourth-order valence-corrected chi connectivity index (χ4v) is 3.50. The highest BCUT2D eigenvalue weighted by Crippen LogP contribution is 2.33. The van der Waals surface area contributed by atoms with Crippen LogP contribution >= 0.6 is 0 Å². The first-order valence-corrected chi connectivity index (χ1v) is 9.27. The molecule has 0 saturated carbocycles. The first-order valence-electron chi connectivity index (χ1n) is 9.27. The van der Waals surface area contributed by atoms with Crippen molar-refractivity contribution in [2.75, 3.05) is 43.6 Å². The Hall–Kier alpha value is -2.93. The van der Waals surface area contributed by atoms with E-state index < -0.39 is 0 Å². The fraction of sp³-hybridized carbons (Fsp3) is 0.421. The van der Waals surface area contributed by atoms with Gasteiger partial charge in [0, 0.05) is 36.8 Å². The summed E-state index contributed by atoms with van der Waals surface area (Å²) in [5.41, 5.74) is 9.09. The summed E-state index contributed by atoms with van der Waals surface area (Å²) >= 11 is 0. The second-order valence-electron chi connectivity index (χ2n) is 6.70. The molecule has 3 heterocycles. The van der Waals surface area contributed by atoms with Gasteiger partial charge in [0.15, 0.2) is 5.69 Å². The van der Waals surface area contributed by atoms with E-state index in [9.17, 15) is 0 Å². The standard InChI is InChI=1S/C19H23N7O2/c1-27-17-8-14(26-4-6-28-7-5-26)2-3-15(17)16-9-18(25-24-16)23-19-12-21-13(10-20)11-22-19/h2-3,8,11-12,16,18,24-25H,4-7,9H2,1H3,(H,22,23). The average Bonchev–Trinajstić information content (AvgIpc) is 3.22. The number of hydrazine groups is 1. The maximum absolute atomic E-state index is 8.81. The minimum absolute atomic E-state index is 0.0177. The molecule has 4 rings (SSSR count). The van der Waals surface area contributed by atoms with Crippen molar-refractivity contribution in [2.45, 2.75) is 18.6 Å². The van der Waals surface area contributed by atoms with Gasteiger partial charge in [0.25, 0.3) is 0 Å². The molecule has 146 valence electrons. The summed E-state index contributed by atoms with van der Waals surface area (Å²) in [5, 5.41) is 12.1. The number of hydrogen-bond donors (Lipinski definition) is 3. The Balaban J connectivity index is 1.43. The molecule has 3 N–H and O–H groups in total. The molecule has 9 nitrogen and oxygen atoms in total. The Morgan fingerprint density at radius 1 is 1.25 bits per heavy atom. The first kappa shape index (κ1) is 18.4. The zero-order chi connectivity index (χ0) is 19.3. The van der Waals surface area contributed by atoms with E-state index in [1.54, 1.807) is 13.3 Å². The van der Waals surface area contributed by atoms with Crippen LogP contribution in [0.2, 0.25) is 0 Å². The summed E-state index contributed by atoms with van der Waals surface area (Å²) in [6.45, 7) is 3.29. The van der Waals surface area contributed by atoms with Crippen molar-refractivity contribution in [1.82, 2.24) is 20.8 Å². The molecule has 0 bridgehead atoms. The lowest BCUT2D eigenvalue weighted by Crippen LogP contribution is -2.36. The molecule has 28 heavy (non-hydrogen) atoms. The number of ether oxygens (including phenoxy) is 2. The van der Waals surface area contributed by atoms with Crippen LogP contribution in [0.15, 0.2) is 30.6 Å². The van der Waals surface area contributed by atoms with Crippen LogP contribution < -0.4 is 25.8 Å². The summed E-state index contributed by atoms with van der Waals surface area (Å²) in [5.74, 6) is 1.48. The Kier molecular flexibility index (Phi) is 5.53. The van der Waals surface area contributed by atoms with E-state index >= 15 is 0 Å². The molecule has 0 radical (unpaired) electrons. The minimum atomic E-state index is -0.0177. The molecular weight excluding hydrogens is 358 g/mol. The van der Waals surface area contributed by atoms with Crippen LogP contribution in [0.4, 0.5) is 11.5 Å². The van der Waals surface area contributed by atoms with Gasteiger partial charge in [-0.2, -0.15) is 5.26 Å². The number of benzene rings is 1. The quantitative estimate of drug-likeness (QED) is 0.703. The van der Waals surface area contributed by atoms with Crippen molar-refractivity contribution in [3.05, 3.63) is 41.9 Å². The van der Waals surface area contributed by atoms with Gasteiger partial charge in [0.1, 0.15) is 17.6 Å². The van der Waals surface area contributed by atoms with Crippen LogP contribution in [0, 0.1) is 11.3 Å². The maximum Gasteiger partial charge on any atom is 0.158 e. The van der Waals surface area contributed by atoms with Crippen molar-refractivity contribution < 1.29 is 9.47 Å². The predicted octanol–water partition coefficient (Wildman–Crippen LogP) is 1.17. The van der Waals surface area contributed by atoms with Crippen LogP contribution in [0.5, 0.6) is 5.75 Å². The molecule has 2 atom stereocenters. The van der Waals surface area contributed by atoms with Crippen molar-refractivity contribution in [2.24, 2.45) is 0 Å². The molecule has 2 unspecified atom stereocenters. The lowest BCUT2D eigenvalue weighted by molar-refractivity contribution is 0.122. The topological polar surface area (TPSA) is 107 Å². The fourth-order valence-electron chi connectivity index (χ4n) is 3.50. The summed E-state index contributed by atoms with van der Waals surface area (Å²) in [4.78, 5) is 10.5. The van der Waals surface area contributed by atoms with Gasteiger partial charge < -0.3 is 19.7 Å². The molecule has 2 aliphatic heterocycles. The van der Waals surface area contributed by atoms with Crippen molar-refractivity contribution in [1.29, 1.82) is 5.26 Å². The van der Waals surface area contributed by atoms with E-state index in [1.165, 1.54) is 6.20 Å². The average molecular weight is 381 g/mol. The SMILES string of the molecule is COc1cc(N2CCOCC2)ccc1C1CC(Nc2cnc(C#N)cn2)NN1. The lowest BCUT2D eigenvalue weighted by atomic mass is 10.0. The van der Waals surface area contributed by atoms with Gasteiger partial charge in [-0.3, -0.25) is 0 Å². The van der Waals surface area contributed by atoms with Gasteiger partial charge in [-0.05, 0) is 6.07 Å². The van der Waals surface area contributed by atoms with E-state index in [2.05, 4.69) is 49.2 Å². The highest BCUT2D eigenvalue weighted by molar-refractivity contribution is 5.55. The third-order valence-electron chi connectivity index (χ3n) is 4.96. The van der Waals surface area contributed by atoms with Gasteiger partial charge >= 0.3 is 0 Å². The Morgan fingerprint density at radius 2 is 2.11 bits per heavy atom. The molecule has 0 spiro atoms. The van der Waals surface area contributed by atoms with Crippen molar-refractivity contribution in [3.63, 3.8) is 0 Å². The zero-order valence-corrected chi connectivity index (χ0v) is 15.7. The third kappa shape index (κ3) is 3.99. The number of aromatic nitrogens is 2. The minimum Gasteiger partial charge on any atom is -0.496 e. The maximum atomic E-state index is 8.81. The van der Waals surface area contributed by atoms with E-state index in [-0.39, 0.29) is 12.2 Å².